The van der Waals surface area contributed by atoms with Gasteiger partial charge in [0, 0.05) is 5.56 Å². The summed E-state index contributed by atoms with van der Waals surface area (Å²) in [6, 6.07) is 8.62. The summed E-state index contributed by atoms with van der Waals surface area (Å²) < 4.78 is 6.40. The van der Waals surface area contributed by atoms with Crippen LogP contribution >= 0.6 is 34.5 Å². The molecule has 19 heavy (non-hydrogen) atoms. The monoisotopic (exact) mass is 314 g/mol. The number of carbonyl (C=O) groups is 1. The fraction of sp³-hybridized carbons (Fsp3) is 0.214. The molecule has 0 spiro atoms. The van der Waals surface area contributed by atoms with E-state index in [-0.39, 0.29) is 5.78 Å². The van der Waals surface area contributed by atoms with Gasteiger partial charge in [-0.3, -0.25) is 4.79 Å². The summed E-state index contributed by atoms with van der Waals surface area (Å²) in [4.78, 5) is 12.2. The van der Waals surface area contributed by atoms with Gasteiger partial charge in [-0.2, -0.15) is 0 Å². The van der Waals surface area contributed by atoms with Crippen LogP contribution in [0.3, 0.4) is 0 Å². The van der Waals surface area contributed by atoms with Crippen LogP contribution in [0, 0.1) is 0 Å². The highest BCUT2D eigenvalue weighted by atomic mass is 35.5. The lowest BCUT2D eigenvalue weighted by atomic mass is 10.1. The van der Waals surface area contributed by atoms with Crippen molar-refractivity contribution in [2.24, 2.45) is 0 Å². The summed E-state index contributed by atoms with van der Waals surface area (Å²) in [6.07, 6.45) is 0.948. The highest BCUT2D eigenvalue weighted by molar-refractivity contribution is 7.20. The second-order valence-corrected chi connectivity index (χ2v) is 6.23. The molecule has 1 aromatic carbocycles. The maximum absolute atomic E-state index is 12.2. The number of hydrogen-bond donors (Lipinski definition) is 0. The van der Waals surface area contributed by atoms with E-state index in [2.05, 4.69) is 0 Å². The average molecular weight is 315 g/mol. The predicted octanol–water partition coefficient (Wildman–Crippen LogP) is 5.07. The molecule has 0 aliphatic rings. The average Bonchev–Trinajstić information content (AvgIpc) is 2.75. The Morgan fingerprint density at radius 2 is 1.95 bits per heavy atom. The van der Waals surface area contributed by atoms with Gasteiger partial charge >= 0.3 is 0 Å². The van der Waals surface area contributed by atoms with Gasteiger partial charge in [-0.15, -0.1) is 11.3 Å². The van der Waals surface area contributed by atoms with Crippen LogP contribution in [0.1, 0.15) is 29.3 Å². The summed E-state index contributed by atoms with van der Waals surface area (Å²) in [5.74, 6) is 0.628. The Morgan fingerprint density at radius 3 is 2.47 bits per heavy atom. The Kier molecular flexibility index (Phi) is 4.86. The van der Waals surface area contributed by atoms with E-state index in [0.717, 1.165) is 12.2 Å². The first-order chi connectivity index (χ1) is 9.11. The number of hydrogen-bond acceptors (Lipinski definition) is 3. The molecule has 0 N–H and O–H groups in total. The van der Waals surface area contributed by atoms with E-state index >= 15 is 0 Å². The minimum Gasteiger partial charge on any atom is -0.494 e. The van der Waals surface area contributed by atoms with E-state index in [9.17, 15) is 4.79 Å². The van der Waals surface area contributed by atoms with E-state index in [1.807, 2.05) is 6.92 Å². The van der Waals surface area contributed by atoms with Gasteiger partial charge in [-0.05, 0) is 36.8 Å². The lowest BCUT2D eigenvalue weighted by Gasteiger charge is -2.05. The Hall–Kier alpha value is -1.03. The molecule has 0 unspecified atom stereocenters. The van der Waals surface area contributed by atoms with Crippen molar-refractivity contribution in [2.45, 2.75) is 13.3 Å². The molecule has 2 aromatic rings. The number of benzene rings is 1. The van der Waals surface area contributed by atoms with Gasteiger partial charge in [0.05, 0.1) is 16.5 Å². The quantitative estimate of drug-likeness (QED) is 0.720. The first-order valence-corrected chi connectivity index (χ1v) is 7.41. The van der Waals surface area contributed by atoms with Crippen molar-refractivity contribution >= 4 is 40.3 Å². The van der Waals surface area contributed by atoms with Crippen molar-refractivity contribution in [1.82, 2.24) is 0 Å². The molecular weight excluding hydrogens is 303 g/mol. The molecule has 0 bridgehead atoms. The second-order valence-electron chi connectivity index (χ2n) is 3.94. The van der Waals surface area contributed by atoms with Gasteiger partial charge in [-0.1, -0.05) is 30.1 Å². The highest BCUT2D eigenvalue weighted by Gasteiger charge is 2.16. The van der Waals surface area contributed by atoms with Gasteiger partial charge in [-0.25, -0.2) is 0 Å². The third kappa shape index (κ3) is 3.50. The number of thiophene rings is 1. The van der Waals surface area contributed by atoms with Crippen LogP contribution in [-0.2, 0) is 0 Å². The minimum absolute atomic E-state index is 0.129. The van der Waals surface area contributed by atoms with Crippen molar-refractivity contribution in [1.29, 1.82) is 0 Å². The van der Waals surface area contributed by atoms with Crippen LogP contribution in [0.5, 0.6) is 5.75 Å². The first-order valence-electron chi connectivity index (χ1n) is 5.84. The summed E-state index contributed by atoms with van der Waals surface area (Å²) in [5, 5.41) is 0. The van der Waals surface area contributed by atoms with Gasteiger partial charge in [0.2, 0.25) is 0 Å². The van der Waals surface area contributed by atoms with Crippen molar-refractivity contribution in [3.8, 4) is 5.75 Å². The Labute approximate surface area is 125 Å². The molecule has 0 aliphatic carbocycles. The molecule has 5 heteroatoms. The lowest BCUT2D eigenvalue weighted by molar-refractivity contribution is 0.103. The largest absolute Gasteiger partial charge is 0.494 e. The molecular formula is C14H12Cl2O2S. The van der Waals surface area contributed by atoms with E-state index in [1.54, 1.807) is 30.3 Å². The molecule has 0 radical (unpaired) electrons. The maximum Gasteiger partial charge on any atom is 0.195 e. The van der Waals surface area contributed by atoms with Crippen LogP contribution in [0.4, 0.5) is 0 Å². The fourth-order valence-corrected chi connectivity index (χ4v) is 3.03. The van der Waals surface area contributed by atoms with Gasteiger partial charge < -0.3 is 4.74 Å². The molecule has 1 aromatic heterocycles. The van der Waals surface area contributed by atoms with Crippen molar-refractivity contribution in [2.75, 3.05) is 6.61 Å². The van der Waals surface area contributed by atoms with Crippen molar-refractivity contribution in [3.05, 3.63) is 50.1 Å². The third-order valence-corrected chi connectivity index (χ3v) is 3.98. The number of ketones is 1. The second kappa shape index (κ2) is 6.42. The zero-order valence-electron chi connectivity index (χ0n) is 10.3. The van der Waals surface area contributed by atoms with Gasteiger partial charge in [0.15, 0.2) is 5.78 Å². The van der Waals surface area contributed by atoms with Crippen LogP contribution < -0.4 is 4.74 Å². The highest BCUT2D eigenvalue weighted by Crippen LogP contribution is 2.32. The van der Waals surface area contributed by atoms with E-state index in [1.165, 1.54) is 11.3 Å². The molecule has 0 fully saturated rings. The number of rotatable bonds is 5. The zero-order valence-corrected chi connectivity index (χ0v) is 12.6. The summed E-state index contributed by atoms with van der Waals surface area (Å²) in [7, 11) is 0. The molecule has 2 rings (SSSR count). The van der Waals surface area contributed by atoms with E-state index < -0.39 is 0 Å². The molecule has 2 nitrogen and oxygen atoms in total. The van der Waals surface area contributed by atoms with Crippen molar-refractivity contribution < 1.29 is 9.53 Å². The Morgan fingerprint density at radius 1 is 1.26 bits per heavy atom. The molecule has 0 amide bonds. The smallest absolute Gasteiger partial charge is 0.195 e. The van der Waals surface area contributed by atoms with Crippen LogP contribution in [-0.4, -0.2) is 12.4 Å². The third-order valence-electron chi connectivity index (χ3n) is 2.49. The standard InChI is InChI=1S/C14H12Cl2O2S/c1-2-7-18-10-5-3-9(4-6-10)13(17)11-8-12(15)19-14(11)16/h3-6,8H,2,7H2,1H3. The molecule has 0 atom stereocenters. The van der Waals surface area contributed by atoms with Crippen LogP contribution in [0.15, 0.2) is 30.3 Å². The van der Waals surface area contributed by atoms with Crippen LogP contribution in [0.2, 0.25) is 8.67 Å². The number of carbonyl (C=O) groups excluding carboxylic acids is 1. The van der Waals surface area contributed by atoms with Gasteiger partial charge in [0.1, 0.15) is 10.1 Å². The molecule has 100 valence electrons. The van der Waals surface area contributed by atoms with Crippen molar-refractivity contribution in [3.63, 3.8) is 0 Å². The Balaban J connectivity index is 2.18. The number of halogens is 2. The first kappa shape index (κ1) is 14.4. The normalized spacial score (nSPS) is 10.5. The molecule has 0 saturated heterocycles. The Bertz CT molecular complexity index is 576. The van der Waals surface area contributed by atoms with Crippen LogP contribution in [0.25, 0.3) is 0 Å². The predicted molar refractivity (Wildman–Crippen MR) is 80.0 cm³/mol. The summed E-state index contributed by atoms with van der Waals surface area (Å²) in [5.41, 5.74) is 1.01. The maximum atomic E-state index is 12.2. The molecule has 0 saturated carbocycles. The van der Waals surface area contributed by atoms with E-state index in [0.29, 0.717) is 26.4 Å². The van der Waals surface area contributed by atoms with E-state index in [4.69, 9.17) is 27.9 Å². The SMILES string of the molecule is CCCOc1ccc(C(=O)c2cc(Cl)sc2Cl)cc1. The molecule has 0 aliphatic heterocycles. The zero-order chi connectivity index (χ0) is 13.8. The minimum atomic E-state index is -0.129. The lowest BCUT2D eigenvalue weighted by Crippen LogP contribution is -2.01. The van der Waals surface area contributed by atoms with Gasteiger partial charge in [0.25, 0.3) is 0 Å². The fourth-order valence-electron chi connectivity index (χ4n) is 1.57. The molecule has 1 heterocycles. The number of ether oxygens (including phenoxy) is 1. The summed E-state index contributed by atoms with van der Waals surface area (Å²) >= 11 is 13.0. The topological polar surface area (TPSA) is 26.3 Å². The summed E-state index contributed by atoms with van der Waals surface area (Å²) in [6.45, 7) is 2.71.